The maximum atomic E-state index is 12.3. The van der Waals surface area contributed by atoms with Gasteiger partial charge in [0.15, 0.2) is 0 Å². The van der Waals surface area contributed by atoms with Gasteiger partial charge in [-0.1, -0.05) is 60.2 Å². The molecule has 5 nitrogen and oxygen atoms in total. The van der Waals surface area contributed by atoms with Gasteiger partial charge in [-0.05, 0) is 23.8 Å². The number of halogens is 1. The molecule has 0 aromatic heterocycles. The third kappa shape index (κ3) is 5.67. The van der Waals surface area contributed by atoms with Gasteiger partial charge in [0.05, 0.1) is 0 Å². The van der Waals surface area contributed by atoms with E-state index in [2.05, 4.69) is 34.5 Å². The van der Waals surface area contributed by atoms with Crippen LogP contribution in [0.3, 0.4) is 0 Å². The first kappa shape index (κ1) is 19.1. The number of carbonyl (C=O) groups excluding carboxylic acids is 2. The Bertz CT molecular complexity index is 815. The summed E-state index contributed by atoms with van der Waals surface area (Å²) in [6.07, 6.45) is 4.22. The minimum absolute atomic E-state index is 0.505. The Morgan fingerprint density at radius 2 is 1.74 bits per heavy atom. The summed E-state index contributed by atoms with van der Waals surface area (Å²) >= 11 is 5.90. The van der Waals surface area contributed by atoms with Gasteiger partial charge in [0.2, 0.25) is 0 Å². The molecule has 0 unspecified atom stereocenters. The molecule has 27 heavy (non-hydrogen) atoms. The van der Waals surface area contributed by atoms with Gasteiger partial charge in [0.1, 0.15) is 0 Å². The van der Waals surface area contributed by atoms with Crippen molar-refractivity contribution < 1.29 is 9.59 Å². The molecule has 3 rings (SSSR count). The maximum absolute atomic E-state index is 12.3. The lowest BCUT2D eigenvalue weighted by Crippen LogP contribution is -2.51. The van der Waals surface area contributed by atoms with Crippen molar-refractivity contribution in [3.05, 3.63) is 71.3 Å². The summed E-state index contributed by atoms with van der Waals surface area (Å²) in [5, 5.41) is 3.12. The van der Waals surface area contributed by atoms with Crippen LogP contribution in [0, 0.1) is 0 Å². The lowest BCUT2D eigenvalue weighted by molar-refractivity contribution is -0.144. The molecule has 0 spiro atoms. The van der Waals surface area contributed by atoms with E-state index in [9.17, 15) is 9.59 Å². The third-order valence-corrected chi connectivity index (χ3v) is 4.64. The molecule has 1 N–H and O–H groups in total. The second kappa shape index (κ2) is 9.35. The second-order valence-corrected chi connectivity index (χ2v) is 6.81. The van der Waals surface area contributed by atoms with Crippen LogP contribution in [0.2, 0.25) is 5.02 Å². The number of hydrogen-bond acceptors (Lipinski definition) is 3. The van der Waals surface area contributed by atoms with Gasteiger partial charge in [-0.2, -0.15) is 0 Å². The van der Waals surface area contributed by atoms with Crippen LogP contribution in [0.25, 0.3) is 6.08 Å². The van der Waals surface area contributed by atoms with E-state index < -0.39 is 11.8 Å². The van der Waals surface area contributed by atoms with Gasteiger partial charge in [-0.25, -0.2) is 0 Å². The normalized spacial score (nSPS) is 15.1. The fraction of sp³-hybridized carbons (Fsp3) is 0.238. The van der Waals surface area contributed by atoms with Crippen molar-refractivity contribution in [3.63, 3.8) is 0 Å². The maximum Gasteiger partial charge on any atom is 0.313 e. The minimum Gasteiger partial charge on any atom is -0.332 e. The Balaban J connectivity index is 1.44. The molecule has 0 saturated carbocycles. The number of amides is 2. The first-order valence-electron chi connectivity index (χ1n) is 8.91. The number of hydrogen-bond donors (Lipinski definition) is 1. The quantitative estimate of drug-likeness (QED) is 0.825. The summed E-state index contributed by atoms with van der Waals surface area (Å²) in [4.78, 5) is 28.4. The fourth-order valence-electron chi connectivity index (χ4n) is 2.93. The molecule has 1 aliphatic heterocycles. The van der Waals surface area contributed by atoms with Crippen LogP contribution in [0.1, 0.15) is 5.56 Å². The van der Waals surface area contributed by atoms with Gasteiger partial charge in [-0.15, -0.1) is 0 Å². The van der Waals surface area contributed by atoms with Crippen LogP contribution < -0.4 is 5.32 Å². The first-order chi connectivity index (χ1) is 13.1. The fourth-order valence-corrected chi connectivity index (χ4v) is 3.12. The van der Waals surface area contributed by atoms with E-state index in [1.807, 2.05) is 18.2 Å². The zero-order valence-corrected chi connectivity index (χ0v) is 15.7. The Kier molecular flexibility index (Phi) is 6.63. The molecular formula is C21H22ClN3O2. The molecule has 140 valence electrons. The smallest absolute Gasteiger partial charge is 0.313 e. The SMILES string of the molecule is O=C(Nc1cccc(Cl)c1)C(=O)N1CCN(C/C=C/c2ccccc2)CC1. The molecule has 2 amide bonds. The zero-order chi connectivity index (χ0) is 19.1. The van der Waals surface area contributed by atoms with Crippen LogP contribution in [0.15, 0.2) is 60.7 Å². The summed E-state index contributed by atoms with van der Waals surface area (Å²) in [7, 11) is 0. The predicted molar refractivity (Wildman–Crippen MR) is 109 cm³/mol. The van der Waals surface area contributed by atoms with Crippen molar-refractivity contribution in [1.82, 2.24) is 9.80 Å². The van der Waals surface area contributed by atoms with Crippen molar-refractivity contribution >= 4 is 35.2 Å². The number of anilines is 1. The largest absolute Gasteiger partial charge is 0.332 e. The van der Waals surface area contributed by atoms with E-state index >= 15 is 0 Å². The van der Waals surface area contributed by atoms with Crippen LogP contribution >= 0.6 is 11.6 Å². The minimum atomic E-state index is -0.630. The van der Waals surface area contributed by atoms with Gasteiger partial charge >= 0.3 is 11.8 Å². The van der Waals surface area contributed by atoms with Crippen molar-refractivity contribution in [1.29, 1.82) is 0 Å². The number of nitrogens with zero attached hydrogens (tertiary/aromatic N) is 2. The first-order valence-corrected chi connectivity index (χ1v) is 9.29. The lowest BCUT2D eigenvalue weighted by atomic mass is 10.2. The Morgan fingerprint density at radius 1 is 1.00 bits per heavy atom. The molecule has 0 radical (unpaired) electrons. The van der Waals surface area contributed by atoms with E-state index in [4.69, 9.17) is 11.6 Å². The van der Waals surface area contributed by atoms with Crippen LogP contribution in [0.4, 0.5) is 5.69 Å². The van der Waals surface area contributed by atoms with Crippen LogP contribution in [0.5, 0.6) is 0 Å². The second-order valence-electron chi connectivity index (χ2n) is 6.37. The van der Waals surface area contributed by atoms with Gasteiger partial charge in [-0.3, -0.25) is 14.5 Å². The Morgan fingerprint density at radius 3 is 2.44 bits per heavy atom. The van der Waals surface area contributed by atoms with E-state index in [1.54, 1.807) is 29.2 Å². The molecule has 2 aromatic carbocycles. The van der Waals surface area contributed by atoms with Crippen LogP contribution in [-0.2, 0) is 9.59 Å². The summed E-state index contributed by atoms with van der Waals surface area (Å²) in [5.74, 6) is -1.14. The highest BCUT2D eigenvalue weighted by molar-refractivity contribution is 6.39. The van der Waals surface area contributed by atoms with Crippen molar-refractivity contribution in [2.75, 3.05) is 38.0 Å². The molecule has 1 aliphatic rings. The van der Waals surface area contributed by atoms with E-state index in [1.165, 1.54) is 5.56 Å². The summed E-state index contributed by atoms with van der Waals surface area (Å²) < 4.78 is 0. The number of carbonyl (C=O) groups is 2. The van der Waals surface area contributed by atoms with E-state index in [0.29, 0.717) is 23.8 Å². The van der Waals surface area contributed by atoms with Gasteiger partial charge < -0.3 is 10.2 Å². The summed E-state index contributed by atoms with van der Waals surface area (Å²) in [6, 6.07) is 16.9. The monoisotopic (exact) mass is 383 g/mol. The third-order valence-electron chi connectivity index (χ3n) is 4.41. The van der Waals surface area contributed by atoms with E-state index in [-0.39, 0.29) is 0 Å². The topological polar surface area (TPSA) is 52.7 Å². The van der Waals surface area contributed by atoms with Crippen LogP contribution in [-0.4, -0.2) is 54.3 Å². The van der Waals surface area contributed by atoms with Crippen molar-refractivity contribution in [2.45, 2.75) is 0 Å². The van der Waals surface area contributed by atoms with E-state index in [0.717, 1.165) is 19.6 Å². The van der Waals surface area contributed by atoms with Gasteiger partial charge in [0, 0.05) is 43.4 Å². The van der Waals surface area contributed by atoms with Crippen molar-refractivity contribution in [2.24, 2.45) is 0 Å². The molecule has 2 aromatic rings. The average molecular weight is 384 g/mol. The lowest BCUT2D eigenvalue weighted by Gasteiger charge is -2.33. The number of benzene rings is 2. The van der Waals surface area contributed by atoms with Crippen molar-refractivity contribution in [3.8, 4) is 0 Å². The summed E-state index contributed by atoms with van der Waals surface area (Å²) in [5.41, 5.74) is 1.69. The summed E-state index contributed by atoms with van der Waals surface area (Å²) in [6.45, 7) is 3.40. The number of rotatable bonds is 4. The molecule has 1 fully saturated rings. The Labute approximate surface area is 164 Å². The highest BCUT2D eigenvalue weighted by Gasteiger charge is 2.25. The number of nitrogens with one attached hydrogen (secondary N) is 1. The highest BCUT2D eigenvalue weighted by atomic mass is 35.5. The highest BCUT2D eigenvalue weighted by Crippen LogP contribution is 2.15. The van der Waals surface area contributed by atoms with Gasteiger partial charge in [0.25, 0.3) is 0 Å². The standard InChI is InChI=1S/C21H22ClN3O2/c22-18-9-4-10-19(16-18)23-20(26)21(27)25-14-12-24(13-15-25)11-5-8-17-6-2-1-3-7-17/h1-10,16H,11-15H2,(H,23,26)/b8-5+. The molecular weight excluding hydrogens is 362 g/mol. The molecule has 0 bridgehead atoms. The number of piperazine rings is 1. The molecule has 1 heterocycles. The molecule has 1 saturated heterocycles. The Hall–Kier alpha value is -2.63. The molecule has 6 heteroatoms. The molecule has 0 atom stereocenters. The molecule has 0 aliphatic carbocycles. The average Bonchev–Trinajstić information content (AvgIpc) is 2.69. The zero-order valence-electron chi connectivity index (χ0n) is 15.0. The predicted octanol–water partition coefficient (Wildman–Crippen LogP) is 3.14.